The predicted molar refractivity (Wildman–Crippen MR) is 442 cm³/mol. The zero-order chi connectivity index (χ0) is 78.7. The van der Waals surface area contributed by atoms with Crippen molar-refractivity contribution < 1.29 is 85.3 Å². The van der Waals surface area contributed by atoms with Gasteiger partial charge in [0, 0.05) is 91.1 Å². The summed E-state index contributed by atoms with van der Waals surface area (Å²) in [5, 5.41) is 0. The largest absolute Gasteiger partial charge is 0.493 e. The van der Waals surface area contributed by atoms with Gasteiger partial charge in [0.2, 0.25) is 0 Å². The zero-order valence-electron chi connectivity index (χ0n) is 68.7. The Hall–Kier alpha value is -6.24. The molecule has 0 atom stereocenters. The van der Waals surface area contributed by atoms with Crippen molar-refractivity contribution in [1.82, 2.24) is 0 Å². The van der Waals surface area contributed by atoms with Crippen LogP contribution < -0.4 is 9.47 Å². The minimum absolute atomic E-state index is 0.103. The molecule has 18 nitrogen and oxygen atoms in total. The third-order valence-corrected chi connectivity index (χ3v) is 18.7. The van der Waals surface area contributed by atoms with E-state index >= 15 is 0 Å². The van der Waals surface area contributed by atoms with E-state index in [1.165, 1.54) is 0 Å². The number of ether oxygens (including phenoxy) is 18. The van der Waals surface area contributed by atoms with E-state index < -0.39 is 21.7 Å². The van der Waals surface area contributed by atoms with Crippen LogP contribution in [0, 0.1) is 33.5 Å². The second-order valence-electron chi connectivity index (χ2n) is 28.3. The third kappa shape index (κ3) is 34.2. The molecule has 0 saturated carbocycles. The number of rotatable bonds is 65. The Morgan fingerprint density at radius 1 is 0.191 bits per heavy atom. The van der Waals surface area contributed by atoms with Crippen LogP contribution in [0.4, 0.5) is 0 Å². The molecule has 6 aromatic carbocycles. The van der Waals surface area contributed by atoms with Gasteiger partial charge in [0.05, 0.1) is 167 Å². The van der Waals surface area contributed by atoms with E-state index in [1.54, 1.807) is 0 Å². The van der Waals surface area contributed by atoms with Gasteiger partial charge in [-0.3, -0.25) is 0 Å². The van der Waals surface area contributed by atoms with E-state index in [1.807, 2.05) is 107 Å². The quantitative estimate of drug-likeness (QED) is 0.0331. The van der Waals surface area contributed by atoms with Crippen molar-refractivity contribution in [2.24, 2.45) is 33.5 Å². The highest BCUT2D eigenvalue weighted by Gasteiger charge is 2.37. The molecule has 0 amide bonds. The van der Waals surface area contributed by atoms with Crippen molar-refractivity contribution in [3.05, 3.63) is 168 Å². The van der Waals surface area contributed by atoms with Crippen LogP contribution in [-0.2, 0) is 75.8 Å². The molecular formula is C92H134O18. The molecule has 0 aliphatic rings. The topological polar surface area (TPSA) is 166 Å². The number of hydrogen-bond acceptors (Lipinski definition) is 18. The molecule has 0 bridgehead atoms. The van der Waals surface area contributed by atoms with Crippen molar-refractivity contribution in [1.29, 1.82) is 0 Å². The second-order valence-corrected chi connectivity index (χ2v) is 28.3. The highest BCUT2D eigenvalue weighted by atomic mass is 16.6. The van der Waals surface area contributed by atoms with E-state index in [9.17, 15) is 0 Å². The maximum Gasteiger partial charge on any atom is 0.119 e. The lowest BCUT2D eigenvalue weighted by atomic mass is 9.92. The van der Waals surface area contributed by atoms with E-state index in [0.29, 0.717) is 225 Å². The molecule has 0 aliphatic heterocycles. The minimum Gasteiger partial charge on any atom is -0.493 e. The van der Waals surface area contributed by atoms with Crippen LogP contribution in [0.3, 0.4) is 0 Å². The van der Waals surface area contributed by atoms with E-state index in [-0.39, 0.29) is 11.8 Å². The van der Waals surface area contributed by atoms with Crippen molar-refractivity contribution in [3.63, 3.8) is 0 Å². The van der Waals surface area contributed by atoms with Crippen LogP contribution in [0.5, 0.6) is 11.5 Å². The molecule has 0 aliphatic carbocycles. The van der Waals surface area contributed by atoms with Gasteiger partial charge in [-0.15, -0.1) is 0 Å². The lowest BCUT2D eigenvalue weighted by Gasteiger charge is -2.34. The Kier molecular flexibility index (Phi) is 45.9. The summed E-state index contributed by atoms with van der Waals surface area (Å²) < 4.78 is 111. The smallest absolute Gasteiger partial charge is 0.119 e. The maximum absolute atomic E-state index is 6.55. The van der Waals surface area contributed by atoms with Gasteiger partial charge < -0.3 is 85.3 Å². The van der Waals surface area contributed by atoms with Gasteiger partial charge in [0.15, 0.2) is 0 Å². The third-order valence-electron chi connectivity index (χ3n) is 18.7. The Bertz CT molecular complexity index is 2940. The Labute approximate surface area is 660 Å². The van der Waals surface area contributed by atoms with Gasteiger partial charge >= 0.3 is 0 Å². The molecular weight excluding hydrogens is 1390 g/mol. The van der Waals surface area contributed by atoms with Crippen LogP contribution in [-0.4, -0.2) is 225 Å². The predicted octanol–water partition coefficient (Wildman–Crippen LogP) is 17.5. The monoisotopic (exact) mass is 1530 g/mol. The fraction of sp³-hybridized carbons (Fsp3) is 0.565. The van der Waals surface area contributed by atoms with Crippen molar-refractivity contribution in [3.8, 4) is 44.9 Å². The van der Waals surface area contributed by atoms with Crippen molar-refractivity contribution >= 4 is 24.3 Å². The summed E-state index contributed by atoms with van der Waals surface area (Å²) in [4.78, 5) is 0. The summed E-state index contributed by atoms with van der Waals surface area (Å²) in [6, 6.07) is 51.1. The second kappa shape index (κ2) is 54.5. The first-order valence-electron chi connectivity index (χ1n) is 40.3. The van der Waals surface area contributed by atoms with Gasteiger partial charge in [-0.1, -0.05) is 146 Å². The molecule has 0 aromatic heterocycles. The SMILES string of the molecule is CCOCC(COCC)(COCC)COCC(COCC(COCC)(COCC)COCC)COc1ccc(-c2ccc(/C=C/c3ccc(-c4ccc(/C=C/c5ccc(-c6ccc(OCC(COCC(COCC)(COCC)COCC)COCC(COCC)(COCC)COCC)cc6)cc5)cc4)cc3)cc2)cc1. The summed E-state index contributed by atoms with van der Waals surface area (Å²) >= 11 is 0. The summed E-state index contributed by atoms with van der Waals surface area (Å²) in [6.45, 7) is 40.5. The molecule has 0 radical (unpaired) electrons. The maximum atomic E-state index is 6.55. The fourth-order valence-electron chi connectivity index (χ4n) is 12.3. The molecule has 18 heteroatoms. The lowest BCUT2D eigenvalue weighted by Crippen LogP contribution is -2.43. The summed E-state index contributed by atoms with van der Waals surface area (Å²) in [7, 11) is 0. The molecule has 6 rings (SSSR count). The van der Waals surface area contributed by atoms with Crippen LogP contribution in [0.15, 0.2) is 146 Å². The van der Waals surface area contributed by atoms with Gasteiger partial charge in [0.25, 0.3) is 0 Å². The normalized spacial score (nSPS) is 12.5. The number of hydrogen-bond donors (Lipinski definition) is 0. The fourth-order valence-corrected chi connectivity index (χ4v) is 12.3. The van der Waals surface area contributed by atoms with E-state index in [0.717, 1.165) is 67.1 Å². The van der Waals surface area contributed by atoms with E-state index in [2.05, 4.69) is 146 Å². The number of benzene rings is 6. The van der Waals surface area contributed by atoms with Crippen LogP contribution >= 0.6 is 0 Å². The van der Waals surface area contributed by atoms with Gasteiger partial charge in [-0.25, -0.2) is 0 Å². The van der Waals surface area contributed by atoms with Crippen LogP contribution in [0.2, 0.25) is 0 Å². The van der Waals surface area contributed by atoms with Crippen molar-refractivity contribution in [2.75, 3.05) is 225 Å². The first-order valence-corrected chi connectivity index (χ1v) is 40.3. The average Bonchev–Trinajstić information content (AvgIpc) is 0.732. The van der Waals surface area contributed by atoms with Crippen LogP contribution in [0.1, 0.15) is 105 Å². The molecule has 0 unspecified atom stereocenters. The first kappa shape index (κ1) is 92.6. The molecule has 110 heavy (non-hydrogen) atoms. The average molecular weight is 1530 g/mol. The molecule has 0 fully saturated rings. The summed E-state index contributed by atoms with van der Waals surface area (Å²) in [6.07, 6.45) is 8.62. The van der Waals surface area contributed by atoms with Gasteiger partial charge in [-0.05, 0) is 163 Å². The van der Waals surface area contributed by atoms with Gasteiger partial charge in [-0.2, -0.15) is 0 Å². The molecule has 6 aromatic rings. The Balaban J connectivity index is 1.02. The Morgan fingerprint density at radius 3 is 0.491 bits per heavy atom. The van der Waals surface area contributed by atoms with Crippen molar-refractivity contribution in [2.45, 2.75) is 83.1 Å². The highest BCUT2D eigenvalue weighted by molar-refractivity contribution is 5.76. The molecule has 0 saturated heterocycles. The Morgan fingerprint density at radius 2 is 0.336 bits per heavy atom. The molecule has 610 valence electrons. The molecule has 0 heterocycles. The summed E-state index contributed by atoms with van der Waals surface area (Å²) in [5.41, 5.74) is 9.37. The van der Waals surface area contributed by atoms with Crippen LogP contribution in [0.25, 0.3) is 57.7 Å². The first-order chi connectivity index (χ1) is 53.8. The summed E-state index contributed by atoms with van der Waals surface area (Å²) in [5.74, 6) is 1.32. The van der Waals surface area contributed by atoms with Gasteiger partial charge in [0.1, 0.15) is 11.5 Å². The molecule has 0 N–H and O–H groups in total. The lowest BCUT2D eigenvalue weighted by molar-refractivity contribution is -0.120. The van der Waals surface area contributed by atoms with E-state index in [4.69, 9.17) is 85.3 Å². The minimum atomic E-state index is -0.461. The standard InChI is InChI=1S/C92H134O18/c1-13-93-59-89(60-94-14-2,61-95-15-3)71-105-53-79(54-106-72-90(62-96-16-4,63-97-17-5)64-98-18-6)57-109-87-49-45-85(46-50-87)83-41-33-77(34-42-83)27-25-75-29-37-81(38-30-75)82-39-31-76(32-40-82)26-28-78-35-43-84(44-36-78)86-47-51-88(52-48-86)110-58-80(55-107-73-91(65-99-19-7,66-100-20-8)67-101-21-9)56-108-74-92(68-102-22-10,69-103-23-11)70-104-24-12/h25-52,79-80H,13-24,53-74H2,1-12H3/b27-25+,28-26+. The molecule has 0 spiro atoms. The zero-order valence-corrected chi connectivity index (χ0v) is 68.7. The highest BCUT2D eigenvalue weighted by Crippen LogP contribution is 2.31.